The molecule has 0 amide bonds. The molecular formula is C13H15NS. The molecule has 2 rings (SSSR count). The summed E-state index contributed by atoms with van der Waals surface area (Å²) >= 11 is 1.80. The molecule has 0 atom stereocenters. The molecule has 0 aliphatic rings. The van der Waals surface area contributed by atoms with E-state index in [9.17, 15) is 0 Å². The average molecular weight is 217 g/mol. The van der Waals surface area contributed by atoms with Gasteiger partial charge < -0.3 is 5.32 Å². The van der Waals surface area contributed by atoms with Gasteiger partial charge in [0.2, 0.25) is 0 Å². The van der Waals surface area contributed by atoms with Crippen molar-refractivity contribution in [3.05, 3.63) is 46.8 Å². The largest absolute Gasteiger partial charge is 0.316 e. The number of aryl methyl sites for hydroxylation is 1. The van der Waals surface area contributed by atoms with Gasteiger partial charge in [0.1, 0.15) is 0 Å². The fourth-order valence-electron chi connectivity index (χ4n) is 1.70. The molecule has 1 heterocycles. The van der Waals surface area contributed by atoms with Crippen LogP contribution in [0, 0.1) is 6.92 Å². The van der Waals surface area contributed by atoms with Gasteiger partial charge in [0, 0.05) is 11.4 Å². The van der Waals surface area contributed by atoms with Gasteiger partial charge in [-0.3, -0.25) is 0 Å². The first-order valence-corrected chi connectivity index (χ1v) is 5.97. The molecule has 0 fully saturated rings. The Hall–Kier alpha value is -1.12. The summed E-state index contributed by atoms with van der Waals surface area (Å²) in [5.74, 6) is 0. The Kier molecular flexibility index (Phi) is 3.19. The highest BCUT2D eigenvalue weighted by atomic mass is 32.1. The Balaban J connectivity index is 2.47. The minimum absolute atomic E-state index is 0.924. The minimum Gasteiger partial charge on any atom is -0.316 e. The third-order valence-corrected chi connectivity index (χ3v) is 3.32. The molecule has 15 heavy (non-hydrogen) atoms. The van der Waals surface area contributed by atoms with Crippen molar-refractivity contribution in [2.75, 3.05) is 7.05 Å². The maximum absolute atomic E-state index is 3.21. The van der Waals surface area contributed by atoms with Crippen molar-refractivity contribution in [3.8, 4) is 10.4 Å². The summed E-state index contributed by atoms with van der Waals surface area (Å²) in [4.78, 5) is 1.35. The van der Waals surface area contributed by atoms with Crippen LogP contribution in [0.4, 0.5) is 0 Å². The summed E-state index contributed by atoms with van der Waals surface area (Å²) in [5.41, 5.74) is 4.04. The van der Waals surface area contributed by atoms with Crippen molar-refractivity contribution in [2.45, 2.75) is 13.5 Å². The van der Waals surface area contributed by atoms with E-state index in [2.05, 4.69) is 48.0 Å². The molecule has 78 valence electrons. The molecule has 1 N–H and O–H groups in total. The van der Waals surface area contributed by atoms with E-state index >= 15 is 0 Å². The van der Waals surface area contributed by atoms with E-state index in [4.69, 9.17) is 0 Å². The van der Waals surface area contributed by atoms with E-state index in [0.717, 1.165) is 6.54 Å². The molecule has 2 heteroatoms. The van der Waals surface area contributed by atoms with Crippen LogP contribution in [0.3, 0.4) is 0 Å². The highest BCUT2D eigenvalue weighted by Crippen LogP contribution is 2.28. The highest BCUT2D eigenvalue weighted by molar-refractivity contribution is 7.13. The monoisotopic (exact) mass is 217 g/mol. The topological polar surface area (TPSA) is 12.0 Å². The van der Waals surface area contributed by atoms with Crippen molar-refractivity contribution in [1.82, 2.24) is 5.32 Å². The standard InChI is InChI=1S/C13H15NS/c1-10-5-6-11(9-14-2)12(8-10)13-4-3-7-15-13/h3-8,14H,9H2,1-2H3. The lowest BCUT2D eigenvalue weighted by Gasteiger charge is -2.08. The lowest BCUT2D eigenvalue weighted by atomic mass is 10.0. The van der Waals surface area contributed by atoms with E-state index in [1.165, 1.54) is 21.6 Å². The van der Waals surface area contributed by atoms with Gasteiger partial charge in [0.05, 0.1) is 0 Å². The summed E-state index contributed by atoms with van der Waals surface area (Å²) in [6, 6.07) is 10.9. The Morgan fingerprint density at radius 2 is 2.13 bits per heavy atom. The molecule has 0 saturated carbocycles. The summed E-state index contributed by atoms with van der Waals surface area (Å²) in [5, 5.41) is 5.34. The lowest BCUT2D eigenvalue weighted by Crippen LogP contribution is -2.06. The second-order valence-electron chi connectivity index (χ2n) is 3.67. The van der Waals surface area contributed by atoms with Crippen molar-refractivity contribution in [2.24, 2.45) is 0 Å². The van der Waals surface area contributed by atoms with E-state index in [0.29, 0.717) is 0 Å². The quantitative estimate of drug-likeness (QED) is 0.830. The summed E-state index contributed by atoms with van der Waals surface area (Å²) in [6.07, 6.45) is 0. The van der Waals surface area contributed by atoms with E-state index in [-0.39, 0.29) is 0 Å². The molecule has 0 unspecified atom stereocenters. The molecule has 0 aliphatic heterocycles. The second kappa shape index (κ2) is 4.60. The van der Waals surface area contributed by atoms with Gasteiger partial charge >= 0.3 is 0 Å². The van der Waals surface area contributed by atoms with Crippen molar-refractivity contribution < 1.29 is 0 Å². The average Bonchev–Trinajstić information content (AvgIpc) is 2.74. The third-order valence-electron chi connectivity index (χ3n) is 2.42. The predicted octanol–water partition coefficient (Wildman–Crippen LogP) is 3.44. The van der Waals surface area contributed by atoms with Gasteiger partial charge in [0.25, 0.3) is 0 Å². The number of hydrogen-bond acceptors (Lipinski definition) is 2. The molecular weight excluding hydrogens is 202 g/mol. The lowest BCUT2D eigenvalue weighted by molar-refractivity contribution is 0.819. The van der Waals surface area contributed by atoms with Gasteiger partial charge in [-0.1, -0.05) is 29.8 Å². The number of nitrogens with one attached hydrogen (secondary N) is 1. The maximum atomic E-state index is 3.21. The van der Waals surface area contributed by atoms with Gasteiger partial charge in [-0.25, -0.2) is 0 Å². The molecule has 0 spiro atoms. The zero-order valence-electron chi connectivity index (χ0n) is 9.08. The maximum Gasteiger partial charge on any atom is 0.0346 e. The molecule has 0 aliphatic carbocycles. The van der Waals surface area contributed by atoms with Crippen LogP contribution >= 0.6 is 11.3 Å². The molecule has 1 aromatic heterocycles. The number of benzene rings is 1. The summed E-state index contributed by atoms with van der Waals surface area (Å²) in [7, 11) is 1.98. The highest BCUT2D eigenvalue weighted by Gasteiger charge is 2.05. The van der Waals surface area contributed by atoms with Gasteiger partial charge in [-0.05, 0) is 36.5 Å². The Bertz CT molecular complexity index is 432. The van der Waals surface area contributed by atoms with Gasteiger partial charge in [-0.2, -0.15) is 0 Å². The summed E-state index contributed by atoms with van der Waals surface area (Å²) < 4.78 is 0. The zero-order chi connectivity index (χ0) is 10.7. The van der Waals surface area contributed by atoms with Crippen LogP contribution < -0.4 is 5.32 Å². The van der Waals surface area contributed by atoms with Crippen LogP contribution in [0.25, 0.3) is 10.4 Å². The van der Waals surface area contributed by atoms with Crippen molar-refractivity contribution in [1.29, 1.82) is 0 Å². The smallest absolute Gasteiger partial charge is 0.0346 e. The van der Waals surface area contributed by atoms with Crippen LogP contribution in [0.1, 0.15) is 11.1 Å². The van der Waals surface area contributed by atoms with Crippen LogP contribution in [0.15, 0.2) is 35.7 Å². The minimum atomic E-state index is 0.924. The van der Waals surface area contributed by atoms with Crippen LogP contribution in [-0.2, 0) is 6.54 Å². The zero-order valence-corrected chi connectivity index (χ0v) is 9.90. The SMILES string of the molecule is CNCc1ccc(C)cc1-c1cccs1. The fourth-order valence-corrected chi connectivity index (χ4v) is 2.47. The fraction of sp³-hybridized carbons (Fsp3) is 0.231. The number of thiophene rings is 1. The first-order chi connectivity index (χ1) is 7.31. The molecule has 0 radical (unpaired) electrons. The third kappa shape index (κ3) is 2.28. The van der Waals surface area contributed by atoms with Gasteiger partial charge in [0.15, 0.2) is 0 Å². The van der Waals surface area contributed by atoms with E-state index in [1.54, 1.807) is 11.3 Å². The van der Waals surface area contributed by atoms with Crippen LogP contribution in [0.5, 0.6) is 0 Å². The molecule has 0 bridgehead atoms. The Morgan fingerprint density at radius 1 is 1.27 bits per heavy atom. The van der Waals surface area contributed by atoms with Crippen LogP contribution in [0.2, 0.25) is 0 Å². The summed E-state index contributed by atoms with van der Waals surface area (Å²) in [6.45, 7) is 3.06. The number of rotatable bonds is 3. The number of hydrogen-bond donors (Lipinski definition) is 1. The normalized spacial score (nSPS) is 10.5. The van der Waals surface area contributed by atoms with Crippen LogP contribution in [-0.4, -0.2) is 7.05 Å². The van der Waals surface area contributed by atoms with Crippen molar-refractivity contribution in [3.63, 3.8) is 0 Å². The molecule has 1 aromatic carbocycles. The molecule has 0 saturated heterocycles. The Morgan fingerprint density at radius 3 is 2.80 bits per heavy atom. The van der Waals surface area contributed by atoms with Crippen molar-refractivity contribution >= 4 is 11.3 Å². The van der Waals surface area contributed by atoms with E-state index < -0.39 is 0 Å². The predicted molar refractivity (Wildman–Crippen MR) is 67.3 cm³/mol. The first-order valence-electron chi connectivity index (χ1n) is 5.09. The van der Waals surface area contributed by atoms with Gasteiger partial charge in [-0.15, -0.1) is 11.3 Å². The molecule has 1 nitrogen and oxygen atoms in total. The first kappa shape index (κ1) is 10.4. The molecule has 2 aromatic rings. The second-order valence-corrected chi connectivity index (χ2v) is 4.62. The van der Waals surface area contributed by atoms with E-state index in [1.807, 2.05) is 7.05 Å². The Labute approximate surface area is 94.8 Å².